The molecule has 2 aromatic heterocycles. The predicted octanol–water partition coefficient (Wildman–Crippen LogP) is 4.69. The number of fused-ring (bicyclic) bond motifs is 1. The van der Waals surface area contributed by atoms with E-state index in [-0.39, 0.29) is 0 Å². The monoisotopic (exact) mass is 352 g/mol. The van der Waals surface area contributed by atoms with Crippen LogP contribution in [0.4, 0.5) is 11.5 Å². The topological polar surface area (TPSA) is 73.1 Å². The van der Waals surface area contributed by atoms with E-state index in [9.17, 15) is 0 Å². The first-order valence-electron chi connectivity index (χ1n) is 7.52. The Bertz CT molecular complexity index is 1030. The molecule has 4 aromatic rings. The summed E-state index contributed by atoms with van der Waals surface area (Å²) in [6.45, 7) is 0. The van der Waals surface area contributed by atoms with Gasteiger partial charge in [-0.25, -0.2) is 4.98 Å². The molecule has 124 valence electrons. The standard InChI is InChI=1S/C18H13ClN4O2/c1-24-14-4-2-3-13(9-14)22-17-15-16(11-5-7-12(19)8-6-11)23-25-18(15)21-10-20-17/h2-10H,1H3,(H,20,21,22). The smallest absolute Gasteiger partial charge is 0.263 e. The summed E-state index contributed by atoms with van der Waals surface area (Å²) < 4.78 is 10.6. The van der Waals surface area contributed by atoms with E-state index in [0.29, 0.717) is 27.6 Å². The van der Waals surface area contributed by atoms with Gasteiger partial charge in [0.25, 0.3) is 5.71 Å². The molecule has 7 heteroatoms. The Morgan fingerprint density at radius 2 is 1.92 bits per heavy atom. The van der Waals surface area contributed by atoms with Gasteiger partial charge in [-0.3, -0.25) is 0 Å². The average Bonchev–Trinajstić information content (AvgIpc) is 3.08. The highest BCUT2D eigenvalue weighted by Gasteiger charge is 2.17. The summed E-state index contributed by atoms with van der Waals surface area (Å²) in [5.41, 5.74) is 2.76. The molecule has 0 unspecified atom stereocenters. The SMILES string of the molecule is COc1cccc(Nc2ncnc3onc(-c4ccc(Cl)cc4)c23)c1. The second kappa shape index (κ2) is 6.41. The van der Waals surface area contributed by atoms with Crippen LogP contribution < -0.4 is 10.1 Å². The number of nitrogens with zero attached hydrogens (tertiary/aromatic N) is 3. The van der Waals surface area contributed by atoms with Crippen molar-refractivity contribution in [2.75, 3.05) is 12.4 Å². The van der Waals surface area contributed by atoms with Crippen molar-refractivity contribution < 1.29 is 9.26 Å². The minimum absolute atomic E-state index is 0.408. The third-order valence-corrected chi connectivity index (χ3v) is 3.97. The summed E-state index contributed by atoms with van der Waals surface area (Å²) >= 11 is 5.97. The lowest BCUT2D eigenvalue weighted by molar-refractivity contribution is 0.415. The van der Waals surface area contributed by atoms with Gasteiger partial charge in [-0.05, 0) is 24.3 Å². The zero-order valence-corrected chi connectivity index (χ0v) is 14.0. The Morgan fingerprint density at radius 1 is 1.08 bits per heavy atom. The second-order valence-electron chi connectivity index (χ2n) is 5.30. The zero-order chi connectivity index (χ0) is 17.2. The second-order valence-corrected chi connectivity index (χ2v) is 5.73. The molecule has 25 heavy (non-hydrogen) atoms. The Morgan fingerprint density at radius 3 is 2.72 bits per heavy atom. The number of nitrogens with one attached hydrogen (secondary N) is 1. The highest BCUT2D eigenvalue weighted by atomic mass is 35.5. The molecular formula is C18H13ClN4O2. The first kappa shape index (κ1) is 15.4. The average molecular weight is 353 g/mol. The van der Waals surface area contributed by atoms with Gasteiger partial charge in [0.05, 0.1) is 7.11 Å². The van der Waals surface area contributed by atoms with Crippen molar-refractivity contribution in [3.8, 4) is 17.0 Å². The van der Waals surface area contributed by atoms with E-state index in [1.165, 1.54) is 6.33 Å². The van der Waals surface area contributed by atoms with Crippen LogP contribution in [0.25, 0.3) is 22.4 Å². The molecule has 0 fully saturated rings. The fourth-order valence-electron chi connectivity index (χ4n) is 2.52. The number of benzene rings is 2. The summed E-state index contributed by atoms with van der Waals surface area (Å²) in [6.07, 6.45) is 1.43. The van der Waals surface area contributed by atoms with Crippen LogP contribution in [-0.2, 0) is 0 Å². The van der Waals surface area contributed by atoms with E-state index in [2.05, 4.69) is 20.4 Å². The van der Waals surface area contributed by atoms with Crippen LogP contribution in [0.1, 0.15) is 0 Å². The fourth-order valence-corrected chi connectivity index (χ4v) is 2.65. The van der Waals surface area contributed by atoms with Gasteiger partial charge in [0.1, 0.15) is 29.0 Å². The molecule has 0 atom stereocenters. The molecular weight excluding hydrogens is 340 g/mol. The lowest BCUT2D eigenvalue weighted by atomic mass is 10.1. The summed E-state index contributed by atoms with van der Waals surface area (Å²) in [5, 5.41) is 8.77. The number of anilines is 2. The molecule has 0 aliphatic carbocycles. The minimum atomic E-state index is 0.408. The Kier molecular flexibility index (Phi) is 3.95. The van der Waals surface area contributed by atoms with Crippen LogP contribution in [0.2, 0.25) is 5.02 Å². The van der Waals surface area contributed by atoms with E-state index in [0.717, 1.165) is 17.0 Å². The van der Waals surface area contributed by atoms with E-state index >= 15 is 0 Å². The Labute approximate surface area is 148 Å². The molecule has 0 amide bonds. The summed E-state index contributed by atoms with van der Waals surface area (Å²) in [5.74, 6) is 1.35. The molecule has 0 aliphatic heterocycles. The lowest BCUT2D eigenvalue weighted by Crippen LogP contribution is -1.96. The lowest BCUT2D eigenvalue weighted by Gasteiger charge is -2.08. The number of ether oxygens (including phenoxy) is 1. The van der Waals surface area contributed by atoms with Gasteiger partial charge in [0, 0.05) is 22.3 Å². The van der Waals surface area contributed by atoms with Gasteiger partial charge in [0.15, 0.2) is 0 Å². The third kappa shape index (κ3) is 2.99. The number of halogens is 1. The summed E-state index contributed by atoms with van der Waals surface area (Å²) in [6, 6.07) is 14.9. The van der Waals surface area contributed by atoms with Gasteiger partial charge in [-0.15, -0.1) is 0 Å². The van der Waals surface area contributed by atoms with Crippen LogP contribution in [0.15, 0.2) is 59.4 Å². The third-order valence-electron chi connectivity index (χ3n) is 3.72. The van der Waals surface area contributed by atoms with Crippen LogP contribution in [0, 0.1) is 0 Å². The van der Waals surface area contributed by atoms with Crippen molar-refractivity contribution in [1.82, 2.24) is 15.1 Å². The van der Waals surface area contributed by atoms with Crippen LogP contribution in [0.3, 0.4) is 0 Å². The summed E-state index contributed by atoms with van der Waals surface area (Å²) in [7, 11) is 1.63. The predicted molar refractivity (Wildman–Crippen MR) is 96.3 cm³/mol. The highest BCUT2D eigenvalue weighted by Crippen LogP contribution is 2.33. The minimum Gasteiger partial charge on any atom is -0.497 e. The molecule has 0 spiro atoms. The maximum absolute atomic E-state index is 5.97. The number of hydrogen-bond acceptors (Lipinski definition) is 6. The molecule has 0 saturated carbocycles. The molecule has 2 heterocycles. The molecule has 6 nitrogen and oxygen atoms in total. The van der Waals surface area contributed by atoms with Crippen LogP contribution in [0.5, 0.6) is 5.75 Å². The molecule has 0 radical (unpaired) electrons. The number of rotatable bonds is 4. The normalized spacial score (nSPS) is 10.8. The van der Waals surface area contributed by atoms with Gasteiger partial charge in [-0.1, -0.05) is 35.0 Å². The van der Waals surface area contributed by atoms with Crippen LogP contribution >= 0.6 is 11.6 Å². The fraction of sp³-hybridized carbons (Fsp3) is 0.0556. The van der Waals surface area contributed by atoms with E-state index < -0.39 is 0 Å². The van der Waals surface area contributed by atoms with Crippen molar-refractivity contribution in [1.29, 1.82) is 0 Å². The Hall–Kier alpha value is -3.12. The van der Waals surface area contributed by atoms with Gasteiger partial charge in [-0.2, -0.15) is 4.98 Å². The van der Waals surface area contributed by atoms with Gasteiger partial charge >= 0.3 is 0 Å². The molecule has 2 aromatic carbocycles. The number of hydrogen-bond donors (Lipinski definition) is 1. The largest absolute Gasteiger partial charge is 0.497 e. The van der Waals surface area contributed by atoms with Crippen molar-refractivity contribution in [3.63, 3.8) is 0 Å². The molecule has 0 saturated heterocycles. The maximum Gasteiger partial charge on any atom is 0.263 e. The summed E-state index contributed by atoms with van der Waals surface area (Å²) in [4.78, 5) is 8.49. The Balaban J connectivity index is 1.81. The quantitative estimate of drug-likeness (QED) is 0.574. The van der Waals surface area contributed by atoms with Gasteiger partial charge < -0.3 is 14.6 Å². The van der Waals surface area contributed by atoms with Crippen LogP contribution in [-0.4, -0.2) is 22.2 Å². The molecule has 1 N–H and O–H groups in total. The first-order valence-corrected chi connectivity index (χ1v) is 7.90. The number of methoxy groups -OCH3 is 1. The molecule has 0 bridgehead atoms. The number of aromatic nitrogens is 3. The van der Waals surface area contributed by atoms with E-state index in [1.54, 1.807) is 19.2 Å². The van der Waals surface area contributed by atoms with Crippen molar-refractivity contribution in [2.24, 2.45) is 0 Å². The zero-order valence-electron chi connectivity index (χ0n) is 13.2. The van der Waals surface area contributed by atoms with Crippen molar-refractivity contribution in [2.45, 2.75) is 0 Å². The van der Waals surface area contributed by atoms with Gasteiger partial charge in [0.2, 0.25) is 0 Å². The molecule has 4 rings (SSSR count). The van der Waals surface area contributed by atoms with Crippen molar-refractivity contribution in [3.05, 3.63) is 59.9 Å². The highest BCUT2D eigenvalue weighted by molar-refractivity contribution is 6.30. The van der Waals surface area contributed by atoms with E-state index in [1.807, 2.05) is 36.4 Å². The molecule has 0 aliphatic rings. The van der Waals surface area contributed by atoms with Crippen molar-refractivity contribution >= 4 is 34.2 Å². The maximum atomic E-state index is 5.97. The van der Waals surface area contributed by atoms with E-state index in [4.69, 9.17) is 20.9 Å². The first-order chi connectivity index (χ1) is 12.2.